The van der Waals surface area contributed by atoms with Crippen LogP contribution in [-0.4, -0.2) is 36.1 Å². The third-order valence-corrected chi connectivity index (χ3v) is 3.42. The molecule has 5 heteroatoms. The van der Waals surface area contributed by atoms with Gasteiger partial charge >= 0.3 is 0 Å². The van der Waals surface area contributed by atoms with E-state index in [4.69, 9.17) is 5.11 Å². The quantitative estimate of drug-likeness (QED) is 0.682. The smallest absolute Gasteiger partial charge is 0.225 e. The average molecular weight is 256 g/mol. The molecule has 1 saturated heterocycles. The van der Waals surface area contributed by atoms with Gasteiger partial charge in [0.05, 0.1) is 5.92 Å². The Bertz CT molecular complexity index is 300. The number of piperidine rings is 1. The highest BCUT2D eigenvalue weighted by atomic mass is 16.3. The maximum atomic E-state index is 12.1. The summed E-state index contributed by atoms with van der Waals surface area (Å²) in [6, 6.07) is -0.0485. The van der Waals surface area contributed by atoms with E-state index in [9.17, 15) is 9.59 Å². The molecule has 0 spiro atoms. The van der Waals surface area contributed by atoms with Crippen molar-refractivity contribution in [3.8, 4) is 0 Å². The number of rotatable bonds is 4. The third-order valence-electron chi connectivity index (χ3n) is 3.42. The van der Waals surface area contributed by atoms with Gasteiger partial charge in [0.2, 0.25) is 11.8 Å². The van der Waals surface area contributed by atoms with E-state index < -0.39 is 0 Å². The van der Waals surface area contributed by atoms with Crippen molar-refractivity contribution in [1.29, 1.82) is 0 Å². The molecule has 1 aliphatic heterocycles. The summed E-state index contributed by atoms with van der Waals surface area (Å²) in [7, 11) is 0. The average Bonchev–Trinajstić information content (AvgIpc) is 2.28. The Morgan fingerprint density at radius 3 is 2.67 bits per heavy atom. The maximum Gasteiger partial charge on any atom is 0.225 e. The van der Waals surface area contributed by atoms with Crippen LogP contribution in [0.15, 0.2) is 0 Å². The summed E-state index contributed by atoms with van der Waals surface area (Å²) in [5, 5.41) is 14.7. The van der Waals surface area contributed by atoms with Crippen molar-refractivity contribution in [1.82, 2.24) is 10.6 Å². The lowest BCUT2D eigenvalue weighted by atomic mass is 9.84. The molecule has 0 aromatic heterocycles. The van der Waals surface area contributed by atoms with E-state index in [1.165, 1.54) is 0 Å². The molecular formula is C13H24N2O3. The van der Waals surface area contributed by atoms with Crippen LogP contribution in [0.5, 0.6) is 0 Å². The summed E-state index contributed by atoms with van der Waals surface area (Å²) in [6.07, 6.45) is 1.57. The minimum atomic E-state index is -0.147. The molecule has 1 aliphatic rings. The Labute approximate surface area is 108 Å². The third kappa shape index (κ3) is 4.29. The van der Waals surface area contributed by atoms with Crippen LogP contribution in [0.25, 0.3) is 0 Å². The second-order valence-electron chi connectivity index (χ2n) is 5.98. The first-order valence-corrected chi connectivity index (χ1v) is 6.52. The van der Waals surface area contributed by atoms with Crippen LogP contribution in [-0.2, 0) is 9.59 Å². The molecule has 1 fully saturated rings. The Balaban J connectivity index is 2.53. The number of hydrogen-bond acceptors (Lipinski definition) is 3. The highest BCUT2D eigenvalue weighted by Gasteiger charge is 2.30. The topological polar surface area (TPSA) is 78.4 Å². The molecule has 0 aromatic rings. The molecule has 5 nitrogen and oxygen atoms in total. The molecule has 18 heavy (non-hydrogen) atoms. The van der Waals surface area contributed by atoms with Gasteiger partial charge in [0.1, 0.15) is 0 Å². The summed E-state index contributed by atoms with van der Waals surface area (Å²) in [6.45, 7) is 6.59. The molecular weight excluding hydrogens is 232 g/mol. The van der Waals surface area contributed by atoms with Gasteiger partial charge in [-0.3, -0.25) is 9.59 Å². The van der Waals surface area contributed by atoms with Crippen LogP contribution in [0, 0.1) is 11.3 Å². The molecule has 0 aromatic carbocycles. The SMILES string of the molecule is CC(C)(C)C(CCO)NC(=O)C1CCC(=O)NC1. The number of aliphatic hydroxyl groups excluding tert-OH is 1. The number of carbonyl (C=O) groups is 2. The molecule has 1 heterocycles. The largest absolute Gasteiger partial charge is 0.396 e. The second kappa shape index (κ2) is 6.18. The summed E-state index contributed by atoms with van der Waals surface area (Å²) >= 11 is 0. The first-order valence-electron chi connectivity index (χ1n) is 6.52. The highest BCUT2D eigenvalue weighted by Crippen LogP contribution is 2.22. The fourth-order valence-corrected chi connectivity index (χ4v) is 2.10. The van der Waals surface area contributed by atoms with Gasteiger partial charge in [0.15, 0.2) is 0 Å². The van der Waals surface area contributed by atoms with Crippen LogP contribution in [0.2, 0.25) is 0 Å². The molecule has 0 radical (unpaired) electrons. The van der Waals surface area contributed by atoms with Crippen molar-refractivity contribution in [2.24, 2.45) is 11.3 Å². The van der Waals surface area contributed by atoms with E-state index in [2.05, 4.69) is 10.6 Å². The molecule has 0 saturated carbocycles. The number of amides is 2. The molecule has 104 valence electrons. The van der Waals surface area contributed by atoms with E-state index in [0.29, 0.717) is 25.8 Å². The summed E-state index contributed by atoms with van der Waals surface area (Å²) in [4.78, 5) is 23.1. The fraction of sp³-hybridized carbons (Fsp3) is 0.846. The Morgan fingerprint density at radius 1 is 1.56 bits per heavy atom. The van der Waals surface area contributed by atoms with Gasteiger partial charge in [0, 0.05) is 25.6 Å². The number of hydrogen-bond donors (Lipinski definition) is 3. The Hall–Kier alpha value is -1.10. The normalized spacial score (nSPS) is 22.2. The van der Waals surface area contributed by atoms with Gasteiger partial charge in [-0.2, -0.15) is 0 Å². The van der Waals surface area contributed by atoms with Crippen molar-refractivity contribution in [3.05, 3.63) is 0 Å². The highest BCUT2D eigenvalue weighted by molar-refractivity contribution is 5.83. The summed E-state index contributed by atoms with van der Waals surface area (Å²) in [5.74, 6) is -0.156. The zero-order valence-corrected chi connectivity index (χ0v) is 11.5. The van der Waals surface area contributed by atoms with Gasteiger partial charge in [-0.05, 0) is 18.3 Å². The van der Waals surface area contributed by atoms with Crippen LogP contribution < -0.4 is 10.6 Å². The molecule has 0 aliphatic carbocycles. The van der Waals surface area contributed by atoms with Crippen molar-refractivity contribution in [2.45, 2.75) is 46.1 Å². The van der Waals surface area contributed by atoms with Gasteiger partial charge < -0.3 is 15.7 Å². The van der Waals surface area contributed by atoms with Gasteiger partial charge in [-0.25, -0.2) is 0 Å². The van der Waals surface area contributed by atoms with Crippen LogP contribution in [0.3, 0.4) is 0 Å². The van der Waals surface area contributed by atoms with Crippen molar-refractivity contribution >= 4 is 11.8 Å². The van der Waals surface area contributed by atoms with E-state index >= 15 is 0 Å². The zero-order chi connectivity index (χ0) is 13.8. The van der Waals surface area contributed by atoms with E-state index in [1.807, 2.05) is 20.8 Å². The minimum absolute atomic E-state index is 0.0155. The number of aliphatic hydroxyl groups is 1. The second-order valence-corrected chi connectivity index (χ2v) is 5.98. The standard InChI is InChI=1S/C13H24N2O3/c1-13(2,3)10(6-7-16)15-12(18)9-4-5-11(17)14-8-9/h9-10,16H,4-8H2,1-3H3,(H,14,17)(H,15,18). The lowest BCUT2D eigenvalue weighted by Crippen LogP contribution is -2.50. The molecule has 2 unspecified atom stereocenters. The van der Waals surface area contributed by atoms with Crippen molar-refractivity contribution < 1.29 is 14.7 Å². The minimum Gasteiger partial charge on any atom is -0.396 e. The maximum absolute atomic E-state index is 12.1. The lowest BCUT2D eigenvalue weighted by molar-refractivity contribution is -0.130. The molecule has 2 amide bonds. The summed E-state index contributed by atoms with van der Waals surface area (Å²) < 4.78 is 0. The van der Waals surface area contributed by atoms with Crippen LogP contribution in [0.4, 0.5) is 0 Å². The van der Waals surface area contributed by atoms with Crippen molar-refractivity contribution in [2.75, 3.05) is 13.2 Å². The van der Waals surface area contributed by atoms with E-state index in [0.717, 1.165) is 0 Å². The van der Waals surface area contributed by atoms with Gasteiger partial charge in [-0.1, -0.05) is 20.8 Å². The lowest BCUT2D eigenvalue weighted by Gasteiger charge is -2.33. The number of carbonyl (C=O) groups excluding carboxylic acids is 2. The van der Waals surface area contributed by atoms with E-state index in [-0.39, 0.29) is 35.8 Å². The first-order chi connectivity index (χ1) is 8.34. The first kappa shape index (κ1) is 15.0. The summed E-state index contributed by atoms with van der Waals surface area (Å²) in [5.41, 5.74) is -0.0870. The Kier molecular flexibility index (Phi) is 5.14. The monoisotopic (exact) mass is 256 g/mol. The van der Waals surface area contributed by atoms with E-state index in [1.54, 1.807) is 0 Å². The van der Waals surface area contributed by atoms with Crippen LogP contribution in [0.1, 0.15) is 40.0 Å². The predicted molar refractivity (Wildman–Crippen MR) is 68.8 cm³/mol. The fourth-order valence-electron chi connectivity index (χ4n) is 2.10. The van der Waals surface area contributed by atoms with Gasteiger partial charge in [-0.15, -0.1) is 0 Å². The zero-order valence-electron chi connectivity index (χ0n) is 11.5. The van der Waals surface area contributed by atoms with Crippen LogP contribution >= 0.6 is 0 Å². The molecule has 2 atom stereocenters. The van der Waals surface area contributed by atoms with Gasteiger partial charge in [0.25, 0.3) is 0 Å². The number of nitrogens with one attached hydrogen (secondary N) is 2. The predicted octanol–water partition coefficient (Wildman–Crippen LogP) is 0.426. The molecule has 1 rings (SSSR count). The Morgan fingerprint density at radius 2 is 2.22 bits per heavy atom. The van der Waals surface area contributed by atoms with Crippen molar-refractivity contribution in [3.63, 3.8) is 0 Å². The molecule has 0 bridgehead atoms. The molecule has 3 N–H and O–H groups in total.